The fraction of sp³-hybridized carbons (Fsp3) is 0.533. The van der Waals surface area contributed by atoms with E-state index in [9.17, 15) is 4.79 Å². The summed E-state index contributed by atoms with van der Waals surface area (Å²) in [6, 6.07) is 7.56. The molecule has 2 atom stereocenters. The van der Waals surface area contributed by atoms with Crippen molar-refractivity contribution in [3.05, 3.63) is 29.8 Å². The van der Waals surface area contributed by atoms with Crippen molar-refractivity contribution in [2.75, 3.05) is 13.7 Å². The van der Waals surface area contributed by atoms with Crippen LogP contribution in [0.25, 0.3) is 0 Å². The van der Waals surface area contributed by atoms with Crippen LogP contribution in [-0.4, -0.2) is 31.8 Å². The summed E-state index contributed by atoms with van der Waals surface area (Å²) in [4.78, 5) is 11.9. The maximum Gasteiger partial charge on any atom is 0.250 e. The van der Waals surface area contributed by atoms with Gasteiger partial charge in [0.2, 0.25) is 0 Å². The van der Waals surface area contributed by atoms with E-state index in [-0.39, 0.29) is 37.0 Å². The van der Waals surface area contributed by atoms with Crippen LogP contribution in [0.3, 0.4) is 0 Å². The highest BCUT2D eigenvalue weighted by Gasteiger charge is 2.18. The molecule has 0 aliphatic carbocycles. The number of benzene rings is 1. The lowest BCUT2D eigenvalue weighted by molar-refractivity contribution is -0.131. The van der Waals surface area contributed by atoms with Crippen molar-refractivity contribution in [3.8, 4) is 5.75 Å². The van der Waals surface area contributed by atoms with Crippen molar-refractivity contribution in [2.45, 2.75) is 39.0 Å². The summed E-state index contributed by atoms with van der Waals surface area (Å²) in [5.41, 5.74) is 6.46. The van der Waals surface area contributed by atoms with E-state index in [1.165, 1.54) is 7.11 Å². The lowest BCUT2D eigenvalue weighted by atomic mass is 10.1. The number of ether oxygens (including phenoxy) is 2. The van der Waals surface area contributed by atoms with Crippen molar-refractivity contribution in [2.24, 2.45) is 5.73 Å². The van der Waals surface area contributed by atoms with Gasteiger partial charge in [0.05, 0.1) is 12.1 Å². The number of halogens is 1. The predicted octanol–water partition coefficient (Wildman–Crippen LogP) is 2.05. The van der Waals surface area contributed by atoms with E-state index in [4.69, 9.17) is 15.2 Å². The Hall–Kier alpha value is -1.30. The number of carbonyl (C=O) groups is 1. The maximum atomic E-state index is 11.9. The van der Waals surface area contributed by atoms with Crippen molar-refractivity contribution in [1.29, 1.82) is 0 Å². The SMILES string of the molecule is COC(CN)C(=O)NC(C)c1ccc(OC(C)C)cc1.Cl. The van der Waals surface area contributed by atoms with Gasteiger partial charge in [-0.2, -0.15) is 0 Å². The Labute approximate surface area is 132 Å². The number of nitrogens with one attached hydrogen (secondary N) is 1. The Balaban J connectivity index is 0.00000400. The molecule has 120 valence electrons. The first-order chi connectivity index (χ1) is 9.47. The van der Waals surface area contributed by atoms with E-state index in [2.05, 4.69) is 5.32 Å². The Bertz CT molecular complexity index is 419. The highest BCUT2D eigenvalue weighted by Crippen LogP contribution is 2.18. The molecule has 1 aromatic carbocycles. The minimum atomic E-state index is -0.610. The zero-order valence-corrected chi connectivity index (χ0v) is 13.8. The molecule has 0 saturated carbocycles. The molecule has 0 aliphatic rings. The number of carbonyl (C=O) groups excluding carboxylic acids is 1. The molecule has 0 bridgehead atoms. The Morgan fingerprint density at radius 1 is 1.24 bits per heavy atom. The van der Waals surface area contributed by atoms with E-state index in [1.54, 1.807) is 0 Å². The van der Waals surface area contributed by atoms with Crippen LogP contribution < -0.4 is 15.8 Å². The van der Waals surface area contributed by atoms with Crippen LogP contribution in [0.5, 0.6) is 5.75 Å². The normalized spacial score (nSPS) is 13.2. The minimum Gasteiger partial charge on any atom is -0.491 e. The van der Waals surface area contributed by atoms with Crippen LogP contribution in [0.15, 0.2) is 24.3 Å². The summed E-state index contributed by atoms with van der Waals surface area (Å²) >= 11 is 0. The van der Waals surface area contributed by atoms with Gasteiger partial charge in [-0.25, -0.2) is 0 Å². The van der Waals surface area contributed by atoms with Gasteiger partial charge in [-0.3, -0.25) is 4.79 Å². The molecule has 0 saturated heterocycles. The van der Waals surface area contributed by atoms with Crippen LogP contribution in [0.4, 0.5) is 0 Å². The lowest BCUT2D eigenvalue weighted by Gasteiger charge is -2.19. The second kappa shape index (κ2) is 9.60. The monoisotopic (exact) mass is 316 g/mol. The number of rotatable bonds is 7. The van der Waals surface area contributed by atoms with E-state index in [0.29, 0.717) is 0 Å². The summed E-state index contributed by atoms with van der Waals surface area (Å²) in [7, 11) is 1.47. The number of methoxy groups -OCH3 is 1. The molecule has 0 spiro atoms. The molecule has 0 aliphatic heterocycles. The molecule has 0 fully saturated rings. The number of hydrogen-bond donors (Lipinski definition) is 2. The van der Waals surface area contributed by atoms with Crippen molar-refractivity contribution >= 4 is 18.3 Å². The summed E-state index contributed by atoms with van der Waals surface area (Å²) in [5.74, 6) is 0.615. The molecular formula is C15H25ClN2O3. The molecule has 2 unspecified atom stereocenters. The van der Waals surface area contributed by atoms with Crippen LogP contribution >= 0.6 is 12.4 Å². The second-order valence-corrected chi connectivity index (χ2v) is 4.93. The van der Waals surface area contributed by atoms with Crippen molar-refractivity contribution in [1.82, 2.24) is 5.32 Å². The van der Waals surface area contributed by atoms with Gasteiger partial charge >= 0.3 is 0 Å². The topological polar surface area (TPSA) is 73.6 Å². The summed E-state index contributed by atoms with van der Waals surface area (Å²) < 4.78 is 10.6. The van der Waals surface area contributed by atoms with Gasteiger partial charge in [0, 0.05) is 13.7 Å². The van der Waals surface area contributed by atoms with Gasteiger partial charge in [-0.15, -0.1) is 12.4 Å². The average Bonchev–Trinajstić information content (AvgIpc) is 2.40. The van der Waals surface area contributed by atoms with Gasteiger partial charge in [0.25, 0.3) is 5.91 Å². The molecule has 0 aromatic heterocycles. The molecule has 5 nitrogen and oxygen atoms in total. The number of amides is 1. The summed E-state index contributed by atoms with van der Waals surface area (Å²) in [5, 5.41) is 2.87. The Morgan fingerprint density at radius 2 is 1.81 bits per heavy atom. The second-order valence-electron chi connectivity index (χ2n) is 4.93. The third kappa shape index (κ3) is 6.33. The van der Waals surface area contributed by atoms with Gasteiger partial charge in [-0.1, -0.05) is 12.1 Å². The first-order valence-corrected chi connectivity index (χ1v) is 6.77. The van der Waals surface area contributed by atoms with Gasteiger partial charge in [0.15, 0.2) is 0 Å². The standard InChI is InChI=1S/C15H24N2O3.ClH/c1-10(2)20-13-7-5-12(6-8-13)11(3)17-15(18)14(9-16)19-4;/h5-8,10-11,14H,9,16H2,1-4H3,(H,17,18);1H. The zero-order valence-electron chi connectivity index (χ0n) is 13.0. The number of hydrogen-bond acceptors (Lipinski definition) is 4. The summed E-state index contributed by atoms with van der Waals surface area (Å²) in [6.07, 6.45) is -0.467. The van der Waals surface area contributed by atoms with Crippen molar-refractivity contribution in [3.63, 3.8) is 0 Å². The van der Waals surface area contributed by atoms with Crippen LogP contribution in [0.1, 0.15) is 32.4 Å². The van der Waals surface area contributed by atoms with Crippen LogP contribution in [0, 0.1) is 0 Å². The van der Waals surface area contributed by atoms with E-state index in [0.717, 1.165) is 11.3 Å². The predicted molar refractivity (Wildman–Crippen MR) is 85.9 cm³/mol. The third-order valence-corrected chi connectivity index (χ3v) is 2.90. The fourth-order valence-electron chi connectivity index (χ4n) is 1.81. The van der Waals surface area contributed by atoms with E-state index in [1.807, 2.05) is 45.0 Å². The zero-order chi connectivity index (χ0) is 15.1. The average molecular weight is 317 g/mol. The fourth-order valence-corrected chi connectivity index (χ4v) is 1.81. The molecule has 0 heterocycles. The van der Waals surface area contributed by atoms with Crippen LogP contribution in [-0.2, 0) is 9.53 Å². The summed E-state index contributed by atoms with van der Waals surface area (Å²) in [6.45, 7) is 6.04. The molecular weight excluding hydrogens is 292 g/mol. The smallest absolute Gasteiger partial charge is 0.250 e. The van der Waals surface area contributed by atoms with Crippen LogP contribution in [0.2, 0.25) is 0 Å². The van der Waals surface area contributed by atoms with Crippen molar-refractivity contribution < 1.29 is 14.3 Å². The minimum absolute atomic E-state index is 0. The molecule has 1 aromatic rings. The molecule has 21 heavy (non-hydrogen) atoms. The molecule has 1 rings (SSSR count). The Morgan fingerprint density at radius 3 is 2.24 bits per heavy atom. The molecule has 0 radical (unpaired) electrons. The maximum absolute atomic E-state index is 11.9. The quantitative estimate of drug-likeness (QED) is 0.807. The molecule has 1 amide bonds. The number of nitrogens with two attached hydrogens (primary N) is 1. The molecule has 6 heteroatoms. The van der Waals surface area contributed by atoms with E-state index < -0.39 is 6.10 Å². The third-order valence-electron chi connectivity index (χ3n) is 2.90. The van der Waals surface area contributed by atoms with E-state index >= 15 is 0 Å². The lowest BCUT2D eigenvalue weighted by Crippen LogP contribution is -2.41. The first kappa shape index (κ1) is 19.7. The Kier molecular flexibility index (Phi) is 9.01. The van der Waals surface area contributed by atoms with Gasteiger partial charge in [0.1, 0.15) is 11.9 Å². The molecule has 3 N–H and O–H groups in total. The largest absolute Gasteiger partial charge is 0.491 e. The van der Waals surface area contributed by atoms with Gasteiger partial charge < -0.3 is 20.5 Å². The first-order valence-electron chi connectivity index (χ1n) is 6.77. The van der Waals surface area contributed by atoms with Gasteiger partial charge in [-0.05, 0) is 38.5 Å². The highest BCUT2D eigenvalue weighted by atomic mass is 35.5. The highest BCUT2D eigenvalue weighted by molar-refractivity contribution is 5.85.